The molecule has 0 aliphatic heterocycles. The minimum atomic E-state index is -0.495. The average molecular weight is 464 g/mol. The Hall–Kier alpha value is -3.98. The SMILES string of the molecule is COc1ccc(CNC(=O)CCC(=O)Nc2nc(-c3cc4ccccc4oc3=O)cs2)cc1. The predicted molar refractivity (Wildman–Crippen MR) is 126 cm³/mol. The van der Waals surface area contributed by atoms with Crippen molar-refractivity contribution in [3.8, 4) is 17.0 Å². The molecule has 0 saturated heterocycles. The summed E-state index contributed by atoms with van der Waals surface area (Å²) in [4.78, 5) is 40.9. The Morgan fingerprint density at radius 1 is 1.06 bits per heavy atom. The Kier molecular flexibility index (Phi) is 6.80. The van der Waals surface area contributed by atoms with E-state index in [0.717, 1.165) is 16.7 Å². The van der Waals surface area contributed by atoms with Gasteiger partial charge in [-0.3, -0.25) is 9.59 Å². The molecule has 9 heteroatoms. The normalized spacial score (nSPS) is 10.7. The molecule has 168 valence electrons. The molecule has 4 rings (SSSR count). The van der Waals surface area contributed by atoms with E-state index >= 15 is 0 Å². The Balaban J connectivity index is 1.29. The van der Waals surface area contributed by atoms with Gasteiger partial charge in [0.25, 0.3) is 0 Å². The van der Waals surface area contributed by atoms with Gasteiger partial charge in [-0.05, 0) is 29.8 Å². The third kappa shape index (κ3) is 5.64. The molecule has 0 unspecified atom stereocenters. The lowest BCUT2D eigenvalue weighted by atomic mass is 10.1. The van der Waals surface area contributed by atoms with Crippen LogP contribution in [0.2, 0.25) is 0 Å². The first-order chi connectivity index (χ1) is 16.0. The highest BCUT2D eigenvalue weighted by molar-refractivity contribution is 7.14. The number of hydrogen-bond acceptors (Lipinski definition) is 7. The second-order valence-corrected chi connectivity index (χ2v) is 8.05. The van der Waals surface area contributed by atoms with Crippen LogP contribution in [0.15, 0.2) is 69.2 Å². The molecule has 2 N–H and O–H groups in total. The number of benzene rings is 2. The van der Waals surface area contributed by atoms with Crippen LogP contribution in [0.4, 0.5) is 5.13 Å². The molecule has 2 heterocycles. The molecule has 0 aliphatic rings. The lowest BCUT2D eigenvalue weighted by Crippen LogP contribution is -2.24. The smallest absolute Gasteiger partial charge is 0.345 e. The van der Waals surface area contributed by atoms with Crippen LogP contribution in [0.1, 0.15) is 18.4 Å². The number of para-hydroxylation sites is 1. The summed E-state index contributed by atoms with van der Waals surface area (Å²) in [5.41, 5.74) is 1.68. The lowest BCUT2D eigenvalue weighted by molar-refractivity contribution is -0.124. The Labute approximate surface area is 193 Å². The average Bonchev–Trinajstić information content (AvgIpc) is 3.29. The van der Waals surface area contributed by atoms with Crippen molar-refractivity contribution in [1.29, 1.82) is 0 Å². The first-order valence-corrected chi connectivity index (χ1v) is 11.1. The number of amides is 2. The van der Waals surface area contributed by atoms with Crippen LogP contribution in [-0.2, 0) is 16.1 Å². The third-order valence-corrected chi connectivity index (χ3v) is 5.65. The zero-order chi connectivity index (χ0) is 23.2. The number of rotatable bonds is 8. The topological polar surface area (TPSA) is 111 Å². The quantitative estimate of drug-likeness (QED) is 0.383. The maximum absolute atomic E-state index is 12.3. The summed E-state index contributed by atoms with van der Waals surface area (Å²) in [6, 6.07) is 16.3. The molecule has 0 saturated carbocycles. The fourth-order valence-electron chi connectivity index (χ4n) is 3.14. The largest absolute Gasteiger partial charge is 0.497 e. The van der Waals surface area contributed by atoms with Gasteiger partial charge in [-0.15, -0.1) is 11.3 Å². The number of methoxy groups -OCH3 is 1. The van der Waals surface area contributed by atoms with Crippen LogP contribution < -0.4 is 21.0 Å². The monoisotopic (exact) mass is 463 g/mol. The zero-order valence-corrected chi connectivity index (χ0v) is 18.6. The van der Waals surface area contributed by atoms with Crippen molar-refractivity contribution in [3.63, 3.8) is 0 Å². The lowest BCUT2D eigenvalue weighted by Gasteiger charge is -2.06. The second-order valence-electron chi connectivity index (χ2n) is 7.20. The first kappa shape index (κ1) is 22.2. The van der Waals surface area contributed by atoms with E-state index in [9.17, 15) is 14.4 Å². The van der Waals surface area contributed by atoms with Gasteiger partial charge in [-0.1, -0.05) is 30.3 Å². The fraction of sp³-hybridized carbons (Fsp3) is 0.167. The van der Waals surface area contributed by atoms with Crippen molar-refractivity contribution in [1.82, 2.24) is 10.3 Å². The molecular weight excluding hydrogens is 442 g/mol. The van der Waals surface area contributed by atoms with E-state index in [1.807, 2.05) is 36.4 Å². The van der Waals surface area contributed by atoms with Gasteiger partial charge in [0.15, 0.2) is 5.13 Å². The number of carbonyl (C=O) groups is 2. The number of fused-ring (bicyclic) bond motifs is 1. The summed E-state index contributed by atoms with van der Waals surface area (Å²) in [5.74, 6) is 0.184. The number of ether oxygens (including phenoxy) is 1. The zero-order valence-electron chi connectivity index (χ0n) is 17.8. The van der Waals surface area contributed by atoms with Gasteiger partial charge < -0.3 is 19.8 Å². The summed E-state index contributed by atoms with van der Waals surface area (Å²) < 4.78 is 10.4. The molecule has 2 amide bonds. The minimum Gasteiger partial charge on any atom is -0.497 e. The maximum Gasteiger partial charge on any atom is 0.345 e. The highest BCUT2D eigenvalue weighted by atomic mass is 32.1. The van der Waals surface area contributed by atoms with E-state index in [-0.39, 0.29) is 24.7 Å². The highest BCUT2D eigenvalue weighted by Gasteiger charge is 2.14. The van der Waals surface area contributed by atoms with Crippen LogP contribution in [-0.4, -0.2) is 23.9 Å². The summed E-state index contributed by atoms with van der Waals surface area (Å²) in [6.45, 7) is 0.370. The third-order valence-electron chi connectivity index (χ3n) is 4.90. The fourth-order valence-corrected chi connectivity index (χ4v) is 3.86. The molecule has 0 fully saturated rings. The van der Waals surface area contributed by atoms with E-state index in [1.54, 1.807) is 30.7 Å². The molecule has 0 spiro atoms. The van der Waals surface area contributed by atoms with Gasteiger partial charge in [0.1, 0.15) is 11.3 Å². The molecule has 0 atom stereocenters. The van der Waals surface area contributed by atoms with E-state index < -0.39 is 5.63 Å². The van der Waals surface area contributed by atoms with E-state index in [2.05, 4.69) is 15.6 Å². The van der Waals surface area contributed by atoms with Crippen molar-refractivity contribution in [2.75, 3.05) is 12.4 Å². The maximum atomic E-state index is 12.3. The standard InChI is InChI=1S/C24H21N3O5S/c1-31-17-8-6-15(7-9-17)13-25-21(28)10-11-22(29)27-24-26-19(14-33-24)18-12-16-4-2-3-5-20(16)32-23(18)30/h2-9,12,14H,10-11,13H2,1H3,(H,25,28)(H,26,27,29). The second kappa shape index (κ2) is 10.1. The molecule has 4 aromatic rings. The van der Waals surface area contributed by atoms with Crippen molar-refractivity contribution >= 4 is 39.3 Å². The van der Waals surface area contributed by atoms with Gasteiger partial charge in [-0.25, -0.2) is 9.78 Å². The number of carbonyl (C=O) groups excluding carboxylic acids is 2. The first-order valence-electron chi connectivity index (χ1n) is 10.2. The molecule has 0 aliphatic carbocycles. The molecule has 0 bridgehead atoms. The van der Waals surface area contributed by atoms with Crippen molar-refractivity contribution in [2.45, 2.75) is 19.4 Å². The molecule has 2 aromatic heterocycles. The molecule has 8 nitrogen and oxygen atoms in total. The highest BCUT2D eigenvalue weighted by Crippen LogP contribution is 2.25. The number of nitrogens with one attached hydrogen (secondary N) is 2. The number of anilines is 1. The van der Waals surface area contributed by atoms with Gasteiger partial charge in [0.05, 0.1) is 18.4 Å². The van der Waals surface area contributed by atoms with Crippen molar-refractivity contribution in [3.05, 3.63) is 76.0 Å². The molecular formula is C24H21N3O5S. The van der Waals surface area contributed by atoms with E-state index in [0.29, 0.717) is 28.5 Å². The van der Waals surface area contributed by atoms with Crippen LogP contribution >= 0.6 is 11.3 Å². The van der Waals surface area contributed by atoms with Crippen LogP contribution in [0, 0.1) is 0 Å². The molecule has 0 radical (unpaired) electrons. The Morgan fingerprint density at radius 3 is 2.61 bits per heavy atom. The number of aromatic nitrogens is 1. The molecule has 2 aromatic carbocycles. The Morgan fingerprint density at radius 2 is 1.82 bits per heavy atom. The number of thiazole rings is 1. The van der Waals surface area contributed by atoms with Gasteiger partial charge >= 0.3 is 5.63 Å². The number of hydrogen-bond donors (Lipinski definition) is 2. The summed E-state index contributed by atoms with van der Waals surface area (Å²) in [7, 11) is 1.59. The van der Waals surface area contributed by atoms with Crippen molar-refractivity contribution in [2.24, 2.45) is 0 Å². The van der Waals surface area contributed by atoms with E-state index in [1.165, 1.54) is 11.3 Å². The molecule has 33 heavy (non-hydrogen) atoms. The van der Waals surface area contributed by atoms with Crippen LogP contribution in [0.3, 0.4) is 0 Å². The summed E-state index contributed by atoms with van der Waals surface area (Å²) in [5, 5.41) is 8.27. The van der Waals surface area contributed by atoms with Crippen molar-refractivity contribution < 1.29 is 18.7 Å². The Bertz CT molecular complexity index is 1340. The predicted octanol–water partition coefficient (Wildman–Crippen LogP) is 3.96. The van der Waals surface area contributed by atoms with Crippen LogP contribution in [0.25, 0.3) is 22.2 Å². The summed E-state index contributed by atoms with van der Waals surface area (Å²) in [6.07, 6.45) is 0.0654. The number of nitrogens with zero attached hydrogens (tertiary/aromatic N) is 1. The summed E-state index contributed by atoms with van der Waals surface area (Å²) >= 11 is 1.20. The van der Waals surface area contributed by atoms with Gasteiger partial charge in [0.2, 0.25) is 11.8 Å². The van der Waals surface area contributed by atoms with Crippen LogP contribution in [0.5, 0.6) is 5.75 Å². The minimum absolute atomic E-state index is 0.0153. The van der Waals surface area contributed by atoms with Gasteiger partial charge in [0, 0.05) is 30.2 Å². The van der Waals surface area contributed by atoms with Gasteiger partial charge in [-0.2, -0.15) is 0 Å². The van der Waals surface area contributed by atoms with E-state index in [4.69, 9.17) is 9.15 Å².